The van der Waals surface area contributed by atoms with Crippen LogP contribution in [0.25, 0.3) is 11.5 Å². The Morgan fingerprint density at radius 1 is 1.19 bits per heavy atom. The van der Waals surface area contributed by atoms with Crippen molar-refractivity contribution in [3.8, 4) is 23.0 Å². The van der Waals surface area contributed by atoms with Crippen LogP contribution in [0.2, 0.25) is 0 Å². The lowest BCUT2D eigenvalue weighted by Gasteiger charge is -2.28. The molecule has 1 fully saturated rings. The van der Waals surface area contributed by atoms with Crippen LogP contribution in [0, 0.1) is 5.92 Å². The summed E-state index contributed by atoms with van der Waals surface area (Å²) < 4.78 is 14.7. The Labute approximate surface area is 180 Å². The number of hydrogen-bond donors (Lipinski definition) is 0. The van der Waals surface area contributed by atoms with Crippen molar-refractivity contribution in [1.82, 2.24) is 29.4 Å². The molecule has 1 saturated carbocycles. The Bertz CT molecular complexity index is 1130. The minimum absolute atomic E-state index is 0.0409. The van der Waals surface area contributed by atoms with Crippen molar-refractivity contribution in [3.05, 3.63) is 41.3 Å². The number of aryl methyl sites for hydroxylation is 1. The van der Waals surface area contributed by atoms with Crippen molar-refractivity contribution in [2.45, 2.75) is 32.4 Å². The van der Waals surface area contributed by atoms with Gasteiger partial charge in [-0.1, -0.05) is 0 Å². The Morgan fingerprint density at radius 2 is 2.00 bits per heavy atom. The molecule has 3 heterocycles. The predicted molar refractivity (Wildman–Crippen MR) is 113 cm³/mol. The monoisotopic (exact) mass is 422 g/mol. The Morgan fingerprint density at radius 3 is 2.74 bits per heavy atom. The van der Waals surface area contributed by atoms with Gasteiger partial charge in [-0.15, -0.1) is 10.2 Å². The Kier molecular flexibility index (Phi) is 4.88. The molecule has 31 heavy (non-hydrogen) atoms. The van der Waals surface area contributed by atoms with E-state index in [-0.39, 0.29) is 5.91 Å². The van der Waals surface area contributed by atoms with E-state index in [4.69, 9.17) is 14.6 Å². The molecule has 2 aromatic heterocycles. The van der Waals surface area contributed by atoms with Gasteiger partial charge in [0, 0.05) is 43.4 Å². The number of ether oxygens (including phenoxy) is 2. The van der Waals surface area contributed by atoms with Gasteiger partial charge in [-0.05, 0) is 37.0 Å². The van der Waals surface area contributed by atoms with E-state index in [1.165, 1.54) is 12.8 Å². The summed E-state index contributed by atoms with van der Waals surface area (Å²) in [5, 5.41) is 13.3. The lowest BCUT2D eigenvalue weighted by atomic mass is 10.0. The van der Waals surface area contributed by atoms with Gasteiger partial charge in [-0.2, -0.15) is 5.10 Å². The zero-order chi connectivity index (χ0) is 21.5. The average molecular weight is 422 g/mol. The van der Waals surface area contributed by atoms with Crippen LogP contribution in [0.5, 0.6) is 11.5 Å². The van der Waals surface area contributed by atoms with E-state index >= 15 is 0 Å². The zero-order valence-electron chi connectivity index (χ0n) is 18.0. The summed E-state index contributed by atoms with van der Waals surface area (Å²) in [6, 6.07) is 5.26. The van der Waals surface area contributed by atoms with Crippen molar-refractivity contribution in [3.63, 3.8) is 0 Å². The number of hydrogen-bond acceptors (Lipinski definition) is 6. The normalized spacial score (nSPS) is 15.6. The molecule has 162 valence electrons. The van der Waals surface area contributed by atoms with Gasteiger partial charge in [0.25, 0.3) is 5.91 Å². The third-order valence-electron chi connectivity index (χ3n) is 6.14. The fourth-order valence-corrected chi connectivity index (χ4v) is 4.25. The maximum absolute atomic E-state index is 13.3. The highest BCUT2D eigenvalue weighted by Crippen LogP contribution is 2.34. The number of aromatic nitrogens is 5. The molecule has 0 radical (unpaired) electrons. The van der Waals surface area contributed by atoms with Gasteiger partial charge in [-0.3, -0.25) is 9.48 Å². The summed E-state index contributed by atoms with van der Waals surface area (Å²) in [7, 11) is 5.10. The van der Waals surface area contributed by atoms with E-state index in [1.54, 1.807) is 38.7 Å². The quantitative estimate of drug-likeness (QED) is 0.606. The molecule has 9 nitrogen and oxygen atoms in total. The number of fused-ring (bicyclic) bond motifs is 1. The van der Waals surface area contributed by atoms with E-state index in [0.717, 1.165) is 35.7 Å². The van der Waals surface area contributed by atoms with Gasteiger partial charge < -0.3 is 18.9 Å². The van der Waals surface area contributed by atoms with Crippen LogP contribution in [0.3, 0.4) is 0 Å². The standard InChI is InChI=1S/C22H26N6O3/c1-26-17-8-9-27(22(29)15-6-7-18(30-2)19(10-15)31-3)12-16(17)20(25-26)21-24-23-13-28(21)11-14-4-5-14/h6-7,10,13-14H,4-5,8-9,11-12H2,1-3H3. The van der Waals surface area contributed by atoms with Crippen LogP contribution in [0.15, 0.2) is 24.5 Å². The van der Waals surface area contributed by atoms with Gasteiger partial charge >= 0.3 is 0 Å². The van der Waals surface area contributed by atoms with Gasteiger partial charge in [-0.25, -0.2) is 0 Å². The third-order valence-corrected chi connectivity index (χ3v) is 6.14. The second kappa shape index (κ2) is 7.72. The van der Waals surface area contributed by atoms with E-state index in [1.807, 2.05) is 16.6 Å². The fraction of sp³-hybridized carbons (Fsp3) is 0.455. The van der Waals surface area contributed by atoms with Crippen LogP contribution >= 0.6 is 0 Å². The lowest BCUT2D eigenvalue weighted by molar-refractivity contribution is 0.0733. The Balaban J connectivity index is 1.44. The molecule has 2 aliphatic rings. The van der Waals surface area contributed by atoms with Gasteiger partial charge in [0.2, 0.25) is 0 Å². The lowest BCUT2D eigenvalue weighted by Crippen LogP contribution is -2.36. The molecule has 0 unspecified atom stereocenters. The van der Waals surface area contributed by atoms with E-state index in [2.05, 4.69) is 14.8 Å². The first-order chi connectivity index (χ1) is 15.1. The molecule has 9 heteroatoms. The SMILES string of the molecule is COc1ccc(C(=O)N2CCc3c(c(-c4nncn4CC4CC4)nn3C)C2)cc1OC. The number of carbonyl (C=O) groups is 1. The number of rotatable bonds is 6. The summed E-state index contributed by atoms with van der Waals surface area (Å²) >= 11 is 0. The molecule has 0 saturated heterocycles. The largest absolute Gasteiger partial charge is 0.493 e. The number of nitrogens with zero attached hydrogens (tertiary/aromatic N) is 6. The maximum atomic E-state index is 13.3. The molecule has 0 bridgehead atoms. The molecular formula is C22H26N6O3. The molecule has 1 aliphatic heterocycles. The van der Waals surface area contributed by atoms with Crippen molar-refractivity contribution in [2.24, 2.45) is 13.0 Å². The highest BCUT2D eigenvalue weighted by atomic mass is 16.5. The number of amides is 1. The number of benzene rings is 1. The summed E-state index contributed by atoms with van der Waals surface area (Å²) in [5.74, 6) is 2.59. The first-order valence-electron chi connectivity index (χ1n) is 10.5. The maximum Gasteiger partial charge on any atom is 0.254 e. The van der Waals surface area contributed by atoms with Crippen molar-refractivity contribution < 1.29 is 14.3 Å². The molecule has 0 spiro atoms. The highest BCUT2D eigenvalue weighted by Gasteiger charge is 2.31. The summed E-state index contributed by atoms with van der Waals surface area (Å²) in [6.45, 7) is 2.04. The number of methoxy groups -OCH3 is 2. The zero-order valence-corrected chi connectivity index (χ0v) is 18.0. The molecule has 1 aliphatic carbocycles. The van der Waals surface area contributed by atoms with Crippen molar-refractivity contribution in [2.75, 3.05) is 20.8 Å². The van der Waals surface area contributed by atoms with E-state index < -0.39 is 0 Å². The average Bonchev–Trinajstić information content (AvgIpc) is 3.40. The topological polar surface area (TPSA) is 87.3 Å². The molecule has 5 rings (SSSR count). The van der Waals surface area contributed by atoms with Crippen molar-refractivity contribution in [1.29, 1.82) is 0 Å². The minimum atomic E-state index is -0.0409. The highest BCUT2D eigenvalue weighted by molar-refractivity contribution is 5.95. The smallest absolute Gasteiger partial charge is 0.254 e. The van der Waals surface area contributed by atoms with Crippen LogP contribution in [-0.4, -0.2) is 56.1 Å². The second-order valence-electron chi connectivity index (χ2n) is 8.19. The Hall–Kier alpha value is -3.36. The molecule has 1 amide bonds. The molecule has 0 N–H and O–H groups in total. The molecular weight excluding hydrogens is 396 g/mol. The first kappa shape index (κ1) is 19.6. The second-order valence-corrected chi connectivity index (χ2v) is 8.19. The fourth-order valence-electron chi connectivity index (χ4n) is 4.25. The van der Waals surface area contributed by atoms with E-state index in [9.17, 15) is 4.79 Å². The first-order valence-corrected chi connectivity index (χ1v) is 10.5. The molecule has 0 atom stereocenters. The van der Waals surface area contributed by atoms with Crippen molar-refractivity contribution >= 4 is 5.91 Å². The van der Waals surface area contributed by atoms with Crippen LogP contribution in [-0.2, 0) is 26.6 Å². The molecule has 1 aromatic carbocycles. The number of carbonyl (C=O) groups excluding carboxylic acids is 1. The van der Waals surface area contributed by atoms with Gasteiger partial charge in [0.05, 0.1) is 20.8 Å². The summed E-state index contributed by atoms with van der Waals surface area (Å²) in [4.78, 5) is 15.1. The van der Waals surface area contributed by atoms with E-state index in [0.29, 0.717) is 36.1 Å². The predicted octanol–water partition coefficient (Wildman–Crippen LogP) is 2.30. The van der Waals surface area contributed by atoms with Crippen LogP contribution in [0.1, 0.15) is 34.5 Å². The van der Waals surface area contributed by atoms with Gasteiger partial charge in [0.1, 0.15) is 12.0 Å². The summed E-state index contributed by atoms with van der Waals surface area (Å²) in [5.41, 5.74) is 3.59. The third kappa shape index (κ3) is 3.54. The summed E-state index contributed by atoms with van der Waals surface area (Å²) in [6.07, 6.45) is 5.04. The van der Waals surface area contributed by atoms with Gasteiger partial charge in [0.15, 0.2) is 17.3 Å². The minimum Gasteiger partial charge on any atom is -0.493 e. The van der Waals surface area contributed by atoms with Crippen LogP contribution < -0.4 is 9.47 Å². The van der Waals surface area contributed by atoms with Crippen LogP contribution in [0.4, 0.5) is 0 Å². The molecule has 3 aromatic rings.